The SMILES string of the molecule is CC[Si](C#CC[C@](C#C[Si](C)(C)C)(O[Si](CC)(CC)CC)[C@H]1COC(C)(C)O1)(CC)CC. The van der Waals surface area contributed by atoms with Crippen LogP contribution in [0, 0.1) is 22.9 Å². The molecule has 1 aliphatic rings. The van der Waals surface area contributed by atoms with Crippen molar-refractivity contribution < 1.29 is 13.9 Å². The van der Waals surface area contributed by atoms with Gasteiger partial charge in [-0.3, -0.25) is 0 Å². The molecule has 1 aliphatic heterocycles. The Morgan fingerprint density at radius 2 is 1.41 bits per heavy atom. The summed E-state index contributed by atoms with van der Waals surface area (Å²) < 4.78 is 19.7. The van der Waals surface area contributed by atoms with Crippen molar-refractivity contribution in [1.29, 1.82) is 0 Å². The van der Waals surface area contributed by atoms with Gasteiger partial charge in [0, 0.05) is 0 Å². The molecule has 0 spiro atoms. The van der Waals surface area contributed by atoms with E-state index in [0.717, 1.165) is 18.1 Å². The quantitative estimate of drug-likeness (QED) is 0.237. The zero-order valence-corrected chi connectivity index (χ0v) is 26.0. The maximum absolute atomic E-state index is 7.26. The number of ether oxygens (including phenoxy) is 2. The summed E-state index contributed by atoms with van der Waals surface area (Å²) in [6, 6.07) is 6.86. The fourth-order valence-corrected chi connectivity index (χ4v) is 10.3. The molecule has 2 atom stereocenters. The molecular formula is C26H50O3Si3. The summed E-state index contributed by atoms with van der Waals surface area (Å²) in [5.74, 6) is 6.71. The second-order valence-electron chi connectivity index (χ2n) is 10.9. The van der Waals surface area contributed by atoms with Crippen LogP contribution in [0.15, 0.2) is 0 Å². The molecule has 0 radical (unpaired) electrons. The van der Waals surface area contributed by atoms with Crippen molar-refractivity contribution in [3.63, 3.8) is 0 Å². The standard InChI is InChI=1S/C26H50O3Si3/c1-12-31(13-2,14-3)21-18-19-26(20-22-30(9,10)11,24-23-27-25(7,8)28-24)29-32(15-4,16-5)17-6/h24H,12-17,19,23H2,1-11H3/t24-,26-/m1/s1. The minimum absolute atomic E-state index is 0.215. The van der Waals surface area contributed by atoms with E-state index in [2.05, 4.69) is 84.1 Å². The van der Waals surface area contributed by atoms with E-state index in [1.165, 1.54) is 18.1 Å². The molecule has 0 aliphatic carbocycles. The van der Waals surface area contributed by atoms with Crippen LogP contribution in [0.4, 0.5) is 0 Å². The fourth-order valence-electron chi connectivity index (χ4n) is 4.31. The van der Waals surface area contributed by atoms with Crippen molar-refractivity contribution in [3.8, 4) is 22.9 Å². The highest BCUT2D eigenvalue weighted by Crippen LogP contribution is 2.38. The molecule has 0 bridgehead atoms. The highest BCUT2D eigenvalue weighted by atomic mass is 28.4. The van der Waals surface area contributed by atoms with E-state index in [-0.39, 0.29) is 6.10 Å². The average molecular weight is 495 g/mol. The Morgan fingerprint density at radius 3 is 1.78 bits per heavy atom. The first-order valence-electron chi connectivity index (χ1n) is 12.9. The lowest BCUT2D eigenvalue weighted by Crippen LogP contribution is -2.54. The summed E-state index contributed by atoms with van der Waals surface area (Å²) >= 11 is 0. The minimum atomic E-state index is -1.96. The van der Waals surface area contributed by atoms with Crippen molar-refractivity contribution >= 4 is 24.5 Å². The Kier molecular flexibility index (Phi) is 11.0. The van der Waals surface area contributed by atoms with Gasteiger partial charge in [0.15, 0.2) is 19.7 Å². The third kappa shape index (κ3) is 7.86. The lowest BCUT2D eigenvalue weighted by atomic mass is 9.94. The van der Waals surface area contributed by atoms with Gasteiger partial charge in [-0.05, 0) is 50.1 Å². The molecule has 1 rings (SSSR count). The molecule has 1 heterocycles. The summed E-state index contributed by atoms with van der Waals surface area (Å²) in [4.78, 5) is 0. The van der Waals surface area contributed by atoms with E-state index in [9.17, 15) is 0 Å². The van der Waals surface area contributed by atoms with Crippen molar-refractivity contribution in [3.05, 3.63) is 0 Å². The smallest absolute Gasteiger partial charge is 0.194 e. The van der Waals surface area contributed by atoms with Crippen molar-refractivity contribution in [2.45, 2.75) is 135 Å². The van der Waals surface area contributed by atoms with Gasteiger partial charge in [0.05, 0.1) is 13.0 Å². The zero-order valence-electron chi connectivity index (χ0n) is 23.0. The van der Waals surface area contributed by atoms with E-state index >= 15 is 0 Å². The number of hydrogen-bond donors (Lipinski definition) is 0. The largest absolute Gasteiger partial charge is 0.398 e. The predicted octanol–water partition coefficient (Wildman–Crippen LogP) is 7.22. The monoisotopic (exact) mass is 494 g/mol. The van der Waals surface area contributed by atoms with Gasteiger partial charge in [0.25, 0.3) is 0 Å². The van der Waals surface area contributed by atoms with Gasteiger partial charge in [-0.1, -0.05) is 67.1 Å². The topological polar surface area (TPSA) is 27.7 Å². The first-order chi connectivity index (χ1) is 14.8. The van der Waals surface area contributed by atoms with Crippen LogP contribution in [0.1, 0.15) is 61.8 Å². The molecule has 0 aromatic heterocycles. The van der Waals surface area contributed by atoms with E-state index < -0.39 is 35.9 Å². The molecule has 6 heteroatoms. The molecule has 184 valence electrons. The van der Waals surface area contributed by atoms with Crippen LogP contribution in [0.2, 0.25) is 55.9 Å². The number of hydrogen-bond acceptors (Lipinski definition) is 3. The lowest BCUT2D eigenvalue weighted by Gasteiger charge is -2.41. The van der Waals surface area contributed by atoms with Gasteiger partial charge in [-0.2, -0.15) is 0 Å². The molecule has 3 nitrogen and oxygen atoms in total. The molecule has 0 aromatic carbocycles. The van der Waals surface area contributed by atoms with Gasteiger partial charge in [0.1, 0.15) is 22.3 Å². The maximum Gasteiger partial charge on any atom is 0.194 e. The Morgan fingerprint density at radius 1 is 0.875 bits per heavy atom. The van der Waals surface area contributed by atoms with Gasteiger partial charge in [0.2, 0.25) is 0 Å². The van der Waals surface area contributed by atoms with Gasteiger partial charge in [-0.15, -0.1) is 17.0 Å². The van der Waals surface area contributed by atoms with Gasteiger partial charge >= 0.3 is 0 Å². The van der Waals surface area contributed by atoms with Gasteiger partial charge < -0.3 is 13.9 Å². The maximum atomic E-state index is 7.26. The molecule has 1 fully saturated rings. The third-order valence-electron chi connectivity index (χ3n) is 7.24. The molecule has 1 saturated heterocycles. The van der Waals surface area contributed by atoms with Crippen LogP contribution >= 0.6 is 0 Å². The Labute approximate surface area is 202 Å². The summed E-state index contributed by atoms with van der Waals surface area (Å²) in [7, 11) is -5.13. The summed E-state index contributed by atoms with van der Waals surface area (Å²) in [5.41, 5.74) is 6.72. The fraction of sp³-hybridized carbons (Fsp3) is 0.846. The highest BCUT2D eigenvalue weighted by Gasteiger charge is 2.51. The van der Waals surface area contributed by atoms with E-state index in [0.29, 0.717) is 13.0 Å². The molecule has 0 amide bonds. The molecule has 32 heavy (non-hydrogen) atoms. The van der Waals surface area contributed by atoms with Crippen LogP contribution in [0.25, 0.3) is 0 Å². The Bertz CT molecular complexity index is 696. The Hall–Kier alpha value is -0.349. The number of rotatable bonds is 10. The average Bonchev–Trinajstić information content (AvgIpc) is 3.13. The summed E-state index contributed by atoms with van der Waals surface area (Å²) in [5, 5.41) is 0. The summed E-state index contributed by atoms with van der Waals surface area (Å²) in [6.07, 6.45) is 0.395. The Balaban J connectivity index is 3.63. The van der Waals surface area contributed by atoms with Crippen LogP contribution in [0.5, 0.6) is 0 Å². The molecule has 0 saturated carbocycles. The van der Waals surface area contributed by atoms with Crippen LogP contribution in [0.3, 0.4) is 0 Å². The van der Waals surface area contributed by atoms with Crippen LogP contribution < -0.4 is 0 Å². The highest BCUT2D eigenvalue weighted by molar-refractivity contribution is 6.87. The predicted molar refractivity (Wildman–Crippen MR) is 147 cm³/mol. The molecule has 0 N–H and O–H groups in total. The third-order valence-corrected chi connectivity index (χ3v) is 17.6. The second-order valence-corrected chi connectivity index (χ2v) is 25.2. The normalized spacial score (nSPS) is 20.7. The van der Waals surface area contributed by atoms with E-state index in [4.69, 9.17) is 13.9 Å². The van der Waals surface area contributed by atoms with Crippen LogP contribution in [-0.2, 0) is 13.9 Å². The minimum Gasteiger partial charge on any atom is -0.398 e. The molecular weight excluding hydrogens is 445 g/mol. The molecule has 0 unspecified atom stereocenters. The van der Waals surface area contributed by atoms with E-state index in [1.54, 1.807) is 0 Å². The lowest BCUT2D eigenvalue weighted by molar-refractivity contribution is -0.157. The first kappa shape index (κ1) is 29.7. The van der Waals surface area contributed by atoms with Crippen molar-refractivity contribution in [2.24, 2.45) is 0 Å². The zero-order chi connectivity index (χ0) is 24.7. The van der Waals surface area contributed by atoms with Gasteiger partial charge in [-0.25, -0.2) is 0 Å². The second kappa shape index (κ2) is 11.9. The van der Waals surface area contributed by atoms with Crippen molar-refractivity contribution in [2.75, 3.05) is 6.61 Å². The van der Waals surface area contributed by atoms with E-state index in [1.807, 2.05) is 13.8 Å². The first-order valence-corrected chi connectivity index (χ1v) is 21.5. The summed E-state index contributed by atoms with van der Waals surface area (Å²) in [6.45, 7) is 25.1. The van der Waals surface area contributed by atoms with Crippen molar-refractivity contribution in [1.82, 2.24) is 0 Å². The van der Waals surface area contributed by atoms with Crippen LogP contribution in [-0.4, -0.2) is 48.6 Å². The molecule has 0 aromatic rings.